The fourth-order valence-corrected chi connectivity index (χ4v) is 5.08. The average Bonchev–Trinajstić information content (AvgIpc) is 3.38. The van der Waals surface area contributed by atoms with Gasteiger partial charge in [-0.3, -0.25) is 14.4 Å². The van der Waals surface area contributed by atoms with Gasteiger partial charge >= 0.3 is 0 Å². The molecule has 0 fully saturated rings. The van der Waals surface area contributed by atoms with Crippen molar-refractivity contribution in [3.05, 3.63) is 75.7 Å². The first-order valence-corrected chi connectivity index (χ1v) is 10.3. The minimum absolute atomic E-state index is 0.0822. The molecule has 0 radical (unpaired) electrons. The van der Waals surface area contributed by atoms with Crippen LogP contribution in [0.25, 0.3) is 0 Å². The van der Waals surface area contributed by atoms with E-state index in [1.165, 1.54) is 21.6 Å². The molecule has 0 saturated carbocycles. The number of amides is 1. The molecule has 5 nitrogen and oxygen atoms in total. The summed E-state index contributed by atoms with van der Waals surface area (Å²) < 4.78 is 1.97. The van der Waals surface area contributed by atoms with Gasteiger partial charge < -0.3 is 4.90 Å². The summed E-state index contributed by atoms with van der Waals surface area (Å²) in [6, 6.07) is 12.6. The van der Waals surface area contributed by atoms with Gasteiger partial charge in [-0.2, -0.15) is 5.10 Å². The Morgan fingerprint density at radius 1 is 1.15 bits per heavy atom. The molecular formula is C21H22N4OS. The summed E-state index contributed by atoms with van der Waals surface area (Å²) >= 11 is 1.83. The molecule has 3 aromatic rings. The van der Waals surface area contributed by atoms with Crippen LogP contribution in [-0.2, 0) is 24.3 Å². The third kappa shape index (κ3) is 3.19. The molecule has 1 aromatic carbocycles. The van der Waals surface area contributed by atoms with Gasteiger partial charge in [-0.05, 0) is 40.6 Å². The van der Waals surface area contributed by atoms with Gasteiger partial charge in [0.2, 0.25) is 5.91 Å². The lowest BCUT2D eigenvalue weighted by Gasteiger charge is -2.36. The van der Waals surface area contributed by atoms with E-state index in [1.54, 1.807) is 6.20 Å². The molecule has 5 rings (SSSR count). The van der Waals surface area contributed by atoms with E-state index in [9.17, 15) is 4.79 Å². The SMILES string of the molecule is O=C(CN1CCc2sccc2C1)N1Cc2ccccc2[C@@H](n2cccn2)C1. The molecule has 0 unspecified atom stereocenters. The normalized spacial score (nSPS) is 19.6. The predicted octanol–water partition coefficient (Wildman–Crippen LogP) is 2.93. The van der Waals surface area contributed by atoms with Crippen LogP contribution in [0, 0.1) is 0 Å². The molecule has 0 spiro atoms. The second-order valence-corrected chi connectivity index (χ2v) is 8.31. The number of rotatable bonds is 3. The molecule has 2 aliphatic heterocycles. The molecule has 0 aliphatic carbocycles. The van der Waals surface area contributed by atoms with Crippen molar-refractivity contribution in [3.63, 3.8) is 0 Å². The molecule has 1 atom stereocenters. The topological polar surface area (TPSA) is 41.4 Å². The van der Waals surface area contributed by atoms with E-state index >= 15 is 0 Å². The molecule has 6 heteroatoms. The number of hydrogen-bond donors (Lipinski definition) is 0. The lowest BCUT2D eigenvalue weighted by molar-refractivity contribution is -0.134. The minimum atomic E-state index is 0.0822. The van der Waals surface area contributed by atoms with Gasteiger partial charge in [0.1, 0.15) is 0 Å². The van der Waals surface area contributed by atoms with Crippen LogP contribution in [0.2, 0.25) is 0 Å². The second kappa shape index (κ2) is 6.94. The lowest BCUT2D eigenvalue weighted by Crippen LogP contribution is -2.46. The number of carbonyl (C=O) groups is 1. The largest absolute Gasteiger partial charge is 0.335 e. The lowest BCUT2D eigenvalue weighted by atomic mass is 9.95. The molecule has 0 N–H and O–H groups in total. The fourth-order valence-electron chi connectivity index (χ4n) is 4.19. The van der Waals surface area contributed by atoms with Crippen LogP contribution in [0.4, 0.5) is 0 Å². The van der Waals surface area contributed by atoms with Crippen molar-refractivity contribution >= 4 is 17.2 Å². The first-order valence-electron chi connectivity index (χ1n) is 9.40. The van der Waals surface area contributed by atoms with E-state index in [4.69, 9.17) is 0 Å². The van der Waals surface area contributed by atoms with Gasteiger partial charge in [0.15, 0.2) is 0 Å². The summed E-state index contributed by atoms with van der Waals surface area (Å²) in [6.45, 7) is 3.70. The van der Waals surface area contributed by atoms with E-state index in [0.29, 0.717) is 19.6 Å². The fraction of sp³-hybridized carbons (Fsp3) is 0.333. The van der Waals surface area contributed by atoms with Crippen molar-refractivity contribution in [1.29, 1.82) is 0 Å². The Morgan fingerprint density at radius 2 is 2.07 bits per heavy atom. The summed E-state index contributed by atoms with van der Waals surface area (Å²) in [5, 5.41) is 6.60. The first kappa shape index (κ1) is 16.7. The van der Waals surface area contributed by atoms with Gasteiger partial charge in [-0.25, -0.2) is 0 Å². The van der Waals surface area contributed by atoms with Crippen molar-refractivity contribution in [3.8, 4) is 0 Å². The Balaban J connectivity index is 1.34. The number of carbonyl (C=O) groups excluding carboxylic acids is 1. The number of fused-ring (bicyclic) bond motifs is 2. The zero-order valence-electron chi connectivity index (χ0n) is 15.1. The number of benzene rings is 1. The minimum Gasteiger partial charge on any atom is -0.335 e. The Bertz CT molecular complexity index is 949. The van der Waals surface area contributed by atoms with Crippen LogP contribution in [-0.4, -0.2) is 45.1 Å². The van der Waals surface area contributed by atoms with Crippen molar-refractivity contribution in [2.45, 2.75) is 25.6 Å². The van der Waals surface area contributed by atoms with Crippen molar-refractivity contribution in [2.75, 3.05) is 19.6 Å². The molecule has 2 aliphatic rings. The van der Waals surface area contributed by atoms with Gasteiger partial charge in [0.05, 0.1) is 12.6 Å². The highest BCUT2D eigenvalue weighted by Crippen LogP contribution is 2.30. The summed E-state index contributed by atoms with van der Waals surface area (Å²) in [5.74, 6) is 0.209. The van der Waals surface area contributed by atoms with Gasteiger partial charge in [-0.15, -0.1) is 11.3 Å². The Kier molecular flexibility index (Phi) is 4.30. The average molecular weight is 379 g/mol. The zero-order chi connectivity index (χ0) is 18.2. The van der Waals surface area contributed by atoms with Crippen LogP contribution in [0.15, 0.2) is 54.2 Å². The molecule has 4 heterocycles. The third-order valence-corrected chi connectivity index (χ3v) is 6.63. The summed E-state index contributed by atoms with van der Waals surface area (Å²) in [5.41, 5.74) is 3.87. The number of aromatic nitrogens is 2. The van der Waals surface area contributed by atoms with Crippen molar-refractivity contribution in [1.82, 2.24) is 19.6 Å². The Hall–Kier alpha value is -2.44. The summed E-state index contributed by atoms with van der Waals surface area (Å²) in [4.78, 5) is 18.9. The van der Waals surface area contributed by atoms with Gasteiger partial charge in [0.25, 0.3) is 0 Å². The maximum absolute atomic E-state index is 13.1. The van der Waals surface area contributed by atoms with E-state index in [1.807, 2.05) is 33.2 Å². The summed E-state index contributed by atoms with van der Waals surface area (Å²) in [7, 11) is 0. The standard InChI is InChI=1S/C21H22N4OS/c26-21(15-23-10-6-20-17(12-23)7-11-27-20)24-13-16-4-1-2-5-18(16)19(14-24)25-9-3-8-22-25/h1-5,7-9,11,19H,6,10,12-15H2/t19-/m0/s1. The summed E-state index contributed by atoms with van der Waals surface area (Å²) in [6.07, 6.45) is 4.84. The van der Waals surface area contributed by atoms with Gasteiger partial charge in [0, 0.05) is 43.4 Å². The van der Waals surface area contributed by atoms with Crippen LogP contribution in [0.3, 0.4) is 0 Å². The molecule has 0 bridgehead atoms. The Labute approximate surface area is 162 Å². The van der Waals surface area contributed by atoms with Crippen molar-refractivity contribution in [2.24, 2.45) is 0 Å². The Morgan fingerprint density at radius 3 is 2.96 bits per heavy atom. The molecule has 1 amide bonds. The second-order valence-electron chi connectivity index (χ2n) is 7.30. The molecule has 138 valence electrons. The zero-order valence-corrected chi connectivity index (χ0v) is 15.9. The highest BCUT2D eigenvalue weighted by atomic mass is 32.1. The number of thiophene rings is 1. The molecule has 2 aromatic heterocycles. The molecule has 27 heavy (non-hydrogen) atoms. The van der Waals surface area contributed by atoms with E-state index < -0.39 is 0 Å². The highest BCUT2D eigenvalue weighted by Gasteiger charge is 2.30. The quantitative estimate of drug-likeness (QED) is 0.704. The first-order chi connectivity index (χ1) is 13.3. The third-order valence-electron chi connectivity index (χ3n) is 5.61. The smallest absolute Gasteiger partial charge is 0.237 e. The highest BCUT2D eigenvalue weighted by molar-refractivity contribution is 7.10. The van der Waals surface area contributed by atoms with E-state index in [0.717, 1.165) is 19.5 Å². The van der Waals surface area contributed by atoms with Crippen LogP contribution < -0.4 is 0 Å². The van der Waals surface area contributed by atoms with Crippen LogP contribution in [0.1, 0.15) is 27.6 Å². The van der Waals surface area contributed by atoms with Crippen LogP contribution >= 0.6 is 11.3 Å². The monoisotopic (exact) mass is 378 g/mol. The molecular weight excluding hydrogens is 356 g/mol. The number of nitrogens with zero attached hydrogens (tertiary/aromatic N) is 4. The van der Waals surface area contributed by atoms with Gasteiger partial charge in [-0.1, -0.05) is 24.3 Å². The van der Waals surface area contributed by atoms with E-state index in [2.05, 4.69) is 45.7 Å². The predicted molar refractivity (Wildman–Crippen MR) is 106 cm³/mol. The maximum atomic E-state index is 13.1. The molecule has 0 saturated heterocycles. The van der Waals surface area contributed by atoms with Crippen LogP contribution in [0.5, 0.6) is 0 Å². The van der Waals surface area contributed by atoms with E-state index in [-0.39, 0.29) is 11.9 Å². The maximum Gasteiger partial charge on any atom is 0.237 e. The van der Waals surface area contributed by atoms with Crippen molar-refractivity contribution < 1.29 is 4.79 Å². The number of hydrogen-bond acceptors (Lipinski definition) is 4.